The van der Waals surface area contributed by atoms with E-state index in [0.717, 1.165) is 25.9 Å². The van der Waals surface area contributed by atoms with E-state index in [1.165, 1.54) is 12.8 Å². The average Bonchev–Trinajstić information content (AvgIpc) is 2.76. The Balaban J connectivity index is 2.02. The maximum atomic E-state index is 11.3. The molecule has 1 amide bonds. The molecule has 62 valence electrons. The van der Waals surface area contributed by atoms with Crippen molar-refractivity contribution >= 4 is 5.91 Å². The summed E-state index contributed by atoms with van der Waals surface area (Å²) in [6.45, 7) is 4.02. The van der Waals surface area contributed by atoms with Gasteiger partial charge in [0, 0.05) is 19.5 Å². The van der Waals surface area contributed by atoms with Crippen LogP contribution in [0.1, 0.15) is 32.6 Å². The first kappa shape index (κ1) is 7.14. The van der Waals surface area contributed by atoms with Gasteiger partial charge in [0.1, 0.15) is 0 Å². The van der Waals surface area contributed by atoms with Gasteiger partial charge in [-0.3, -0.25) is 4.79 Å². The second-order valence-corrected chi connectivity index (χ2v) is 3.91. The molecule has 2 rings (SSSR count). The first-order valence-corrected chi connectivity index (χ1v) is 4.54. The summed E-state index contributed by atoms with van der Waals surface area (Å²) in [6, 6.07) is 0. The Morgan fingerprint density at radius 1 is 1.45 bits per heavy atom. The second kappa shape index (κ2) is 2.23. The number of hydrogen-bond donors (Lipinski definition) is 0. The number of hydrogen-bond acceptors (Lipinski definition) is 1. The molecular weight excluding hydrogens is 138 g/mol. The van der Waals surface area contributed by atoms with Crippen LogP contribution < -0.4 is 0 Å². The zero-order valence-electron chi connectivity index (χ0n) is 7.10. The van der Waals surface area contributed by atoms with Gasteiger partial charge in [0.25, 0.3) is 0 Å². The fourth-order valence-electron chi connectivity index (χ4n) is 1.98. The molecule has 1 aliphatic carbocycles. The molecule has 0 bridgehead atoms. The second-order valence-electron chi connectivity index (χ2n) is 3.91. The minimum absolute atomic E-state index is 0.366. The zero-order chi connectivity index (χ0) is 7.90. The van der Waals surface area contributed by atoms with Gasteiger partial charge in [-0.1, -0.05) is 0 Å². The molecule has 2 fully saturated rings. The van der Waals surface area contributed by atoms with Crippen molar-refractivity contribution in [2.75, 3.05) is 13.1 Å². The molecule has 1 saturated carbocycles. The van der Waals surface area contributed by atoms with Crippen molar-refractivity contribution in [1.29, 1.82) is 0 Å². The summed E-state index contributed by atoms with van der Waals surface area (Å²) >= 11 is 0. The number of nitrogens with zero attached hydrogens (tertiary/aromatic N) is 1. The summed E-state index contributed by atoms with van der Waals surface area (Å²) in [5.41, 5.74) is 0.587. The van der Waals surface area contributed by atoms with Crippen LogP contribution in [0.3, 0.4) is 0 Å². The van der Waals surface area contributed by atoms with Gasteiger partial charge in [-0.2, -0.15) is 0 Å². The summed E-state index contributed by atoms with van der Waals surface area (Å²) in [5.74, 6) is 0.366. The van der Waals surface area contributed by atoms with E-state index in [0.29, 0.717) is 11.3 Å². The molecule has 0 aromatic carbocycles. The van der Waals surface area contributed by atoms with Gasteiger partial charge in [0.05, 0.1) is 0 Å². The van der Waals surface area contributed by atoms with Crippen LogP contribution >= 0.6 is 0 Å². The van der Waals surface area contributed by atoms with E-state index in [1.54, 1.807) is 0 Å². The highest BCUT2D eigenvalue weighted by atomic mass is 16.2. The van der Waals surface area contributed by atoms with Crippen LogP contribution in [-0.2, 0) is 4.79 Å². The fraction of sp³-hybridized carbons (Fsp3) is 0.889. The van der Waals surface area contributed by atoms with Crippen LogP contribution in [-0.4, -0.2) is 23.9 Å². The maximum Gasteiger partial charge on any atom is 0.222 e. The van der Waals surface area contributed by atoms with Gasteiger partial charge in [-0.25, -0.2) is 0 Å². The Morgan fingerprint density at radius 3 is 2.73 bits per heavy atom. The van der Waals surface area contributed by atoms with Crippen LogP contribution in [0.25, 0.3) is 0 Å². The molecule has 1 spiro atoms. The van der Waals surface area contributed by atoms with Crippen molar-refractivity contribution < 1.29 is 4.79 Å². The van der Waals surface area contributed by atoms with E-state index in [-0.39, 0.29) is 0 Å². The molecule has 1 aliphatic heterocycles. The fourth-order valence-corrected chi connectivity index (χ4v) is 1.98. The minimum Gasteiger partial charge on any atom is -0.342 e. The van der Waals surface area contributed by atoms with Crippen molar-refractivity contribution in [3.05, 3.63) is 0 Å². The molecule has 11 heavy (non-hydrogen) atoms. The normalized spacial score (nSPS) is 27.7. The number of rotatable bonds is 1. The molecule has 2 heteroatoms. The molecule has 2 aliphatic rings. The minimum atomic E-state index is 0.366. The Morgan fingerprint density at radius 2 is 2.18 bits per heavy atom. The number of carbonyl (C=O) groups is 1. The van der Waals surface area contributed by atoms with E-state index < -0.39 is 0 Å². The lowest BCUT2D eigenvalue weighted by molar-refractivity contribution is -0.135. The smallest absolute Gasteiger partial charge is 0.222 e. The Bertz CT molecular complexity index is 184. The van der Waals surface area contributed by atoms with E-state index in [4.69, 9.17) is 0 Å². The third-order valence-electron chi connectivity index (χ3n) is 3.09. The van der Waals surface area contributed by atoms with Crippen LogP contribution in [0.2, 0.25) is 0 Å². The zero-order valence-corrected chi connectivity index (χ0v) is 7.10. The first-order chi connectivity index (χ1) is 5.26. The molecule has 2 nitrogen and oxygen atoms in total. The van der Waals surface area contributed by atoms with Crippen molar-refractivity contribution in [1.82, 2.24) is 4.90 Å². The SMILES string of the molecule is CCN1CC2(CCC1=O)CC2. The molecule has 0 aromatic heterocycles. The van der Waals surface area contributed by atoms with Gasteiger partial charge in [0.15, 0.2) is 0 Å². The highest BCUT2D eigenvalue weighted by Gasteiger charge is 2.47. The summed E-state index contributed by atoms with van der Waals surface area (Å²) < 4.78 is 0. The van der Waals surface area contributed by atoms with Crippen LogP contribution in [0.15, 0.2) is 0 Å². The molecule has 0 aromatic rings. The largest absolute Gasteiger partial charge is 0.342 e. The third kappa shape index (κ3) is 1.15. The van der Waals surface area contributed by atoms with Crippen molar-refractivity contribution in [2.45, 2.75) is 32.6 Å². The number of carbonyl (C=O) groups excluding carboxylic acids is 1. The van der Waals surface area contributed by atoms with Gasteiger partial charge in [0.2, 0.25) is 5.91 Å². The Labute approximate surface area is 67.6 Å². The molecule has 1 saturated heterocycles. The number of amides is 1. The van der Waals surface area contributed by atoms with Gasteiger partial charge in [-0.15, -0.1) is 0 Å². The molecule has 0 N–H and O–H groups in total. The molecule has 0 unspecified atom stereocenters. The van der Waals surface area contributed by atoms with E-state index in [1.807, 2.05) is 4.90 Å². The summed E-state index contributed by atoms with van der Waals surface area (Å²) in [6.07, 6.45) is 4.67. The highest BCUT2D eigenvalue weighted by molar-refractivity contribution is 5.77. The number of likely N-dealkylation sites (tertiary alicyclic amines) is 1. The van der Waals surface area contributed by atoms with Crippen LogP contribution in [0.5, 0.6) is 0 Å². The molecule has 0 radical (unpaired) electrons. The number of piperidine rings is 1. The summed E-state index contributed by atoms with van der Waals surface area (Å²) in [4.78, 5) is 13.3. The lowest BCUT2D eigenvalue weighted by atomic mass is 9.95. The molecule has 0 atom stereocenters. The summed E-state index contributed by atoms with van der Waals surface area (Å²) in [5, 5.41) is 0. The highest BCUT2D eigenvalue weighted by Crippen LogP contribution is 2.52. The van der Waals surface area contributed by atoms with Crippen LogP contribution in [0.4, 0.5) is 0 Å². The quantitative estimate of drug-likeness (QED) is 0.557. The summed E-state index contributed by atoms with van der Waals surface area (Å²) in [7, 11) is 0. The Kier molecular flexibility index (Phi) is 1.44. The van der Waals surface area contributed by atoms with E-state index >= 15 is 0 Å². The lowest BCUT2D eigenvalue weighted by Gasteiger charge is -2.31. The topological polar surface area (TPSA) is 20.3 Å². The molecular formula is C9H15NO. The third-order valence-corrected chi connectivity index (χ3v) is 3.09. The van der Waals surface area contributed by atoms with E-state index in [9.17, 15) is 4.79 Å². The monoisotopic (exact) mass is 153 g/mol. The van der Waals surface area contributed by atoms with Gasteiger partial charge >= 0.3 is 0 Å². The maximum absolute atomic E-state index is 11.3. The lowest BCUT2D eigenvalue weighted by Crippen LogP contribution is -2.40. The Hall–Kier alpha value is -0.530. The predicted octanol–water partition coefficient (Wildman–Crippen LogP) is 1.41. The van der Waals surface area contributed by atoms with Crippen molar-refractivity contribution in [3.8, 4) is 0 Å². The van der Waals surface area contributed by atoms with Crippen LogP contribution in [0, 0.1) is 5.41 Å². The predicted molar refractivity (Wildman–Crippen MR) is 43.2 cm³/mol. The average molecular weight is 153 g/mol. The van der Waals surface area contributed by atoms with Gasteiger partial charge in [-0.05, 0) is 31.6 Å². The van der Waals surface area contributed by atoms with Crippen molar-refractivity contribution in [3.63, 3.8) is 0 Å². The van der Waals surface area contributed by atoms with E-state index in [2.05, 4.69) is 6.92 Å². The molecule has 1 heterocycles. The first-order valence-electron chi connectivity index (χ1n) is 4.54. The standard InChI is InChI=1S/C9H15NO/c1-2-10-7-9(5-6-9)4-3-8(10)11/h2-7H2,1H3. The van der Waals surface area contributed by atoms with Crippen molar-refractivity contribution in [2.24, 2.45) is 5.41 Å². The van der Waals surface area contributed by atoms with Gasteiger partial charge < -0.3 is 4.90 Å².